The van der Waals surface area contributed by atoms with Crippen molar-refractivity contribution in [3.05, 3.63) is 71.8 Å². The lowest BCUT2D eigenvalue weighted by molar-refractivity contribution is -0.125. The lowest BCUT2D eigenvalue weighted by Gasteiger charge is -2.11. The van der Waals surface area contributed by atoms with Crippen LogP contribution in [0.3, 0.4) is 0 Å². The summed E-state index contributed by atoms with van der Waals surface area (Å²) in [6.45, 7) is 2.52. The summed E-state index contributed by atoms with van der Waals surface area (Å²) in [6, 6.07) is 18.9. The van der Waals surface area contributed by atoms with Gasteiger partial charge in [-0.15, -0.1) is 0 Å². The summed E-state index contributed by atoms with van der Waals surface area (Å²) in [7, 11) is 0. The van der Waals surface area contributed by atoms with Crippen molar-refractivity contribution in [2.24, 2.45) is 11.5 Å². The monoisotopic (exact) mass is 428 g/mol. The van der Waals surface area contributed by atoms with Crippen LogP contribution in [0, 0.1) is 6.92 Å². The molecule has 1 unspecified atom stereocenters. The number of hydrogen-bond donors (Lipinski definition) is 4. The Kier molecular flexibility index (Phi) is 12.8. The smallest absolute Gasteiger partial charge is 0.407 e. The van der Waals surface area contributed by atoms with Crippen LogP contribution in [-0.2, 0) is 20.9 Å². The van der Waals surface area contributed by atoms with Crippen molar-refractivity contribution in [2.75, 3.05) is 13.1 Å². The number of amides is 3. The average Bonchev–Trinajstić information content (AvgIpc) is 2.77. The average molecular weight is 429 g/mol. The molecule has 1 atom stereocenters. The summed E-state index contributed by atoms with van der Waals surface area (Å²) in [5.74, 6) is -1.03. The molecular weight excluding hydrogens is 396 g/mol. The molecule has 31 heavy (non-hydrogen) atoms. The van der Waals surface area contributed by atoms with E-state index in [-0.39, 0.29) is 13.2 Å². The van der Waals surface area contributed by atoms with E-state index in [0.717, 1.165) is 5.56 Å². The van der Waals surface area contributed by atoms with Crippen LogP contribution in [0.25, 0.3) is 0 Å². The van der Waals surface area contributed by atoms with Crippen LogP contribution in [0.4, 0.5) is 4.79 Å². The number of unbranched alkanes of at least 4 members (excludes halogenated alkanes) is 1. The van der Waals surface area contributed by atoms with Crippen molar-refractivity contribution in [3.63, 3.8) is 0 Å². The summed E-state index contributed by atoms with van der Waals surface area (Å²) in [5.41, 5.74) is 12.8. The highest BCUT2D eigenvalue weighted by Crippen LogP contribution is 2.01. The Bertz CT molecular complexity index is 785. The van der Waals surface area contributed by atoms with Crippen molar-refractivity contribution in [1.29, 1.82) is 0 Å². The molecule has 0 aliphatic rings. The highest BCUT2D eigenvalue weighted by atomic mass is 16.5. The number of ether oxygens (including phenoxy) is 1. The highest BCUT2D eigenvalue weighted by Gasteiger charge is 2.13. The molecule has 0 radical (unpaired) electrons. The molecule has 0 aliphatic carbocycles. The SMILES string of the molecule is Cc1ccccc1.NC(=O)CNC(=O)C(N)CCCCNC(=O)OCc1ccccc1. The molecular formula is C23H32N4O4. The van der Waals surface area contributed by atoms with E-state index in [1.807, 2.05) is 48.5 Å². The molecule has 0 saturated heterocycles. The highest BCUT2D eigenvalue weighted by molar-refractivity contribution is 5.86. The third-order valence-electron chi connectivity index (χ3n) is 4.14. The van der Waals surface area contributed by atoms with Crippen LogP contribution in [0.15, 0.2) is 60.7 Å². The van der Waals surface area contributed by atoms with E-state index in [1.165, 1.54) is 5.56 Å². The number of hydrogen-bond acceptors (Lipinski definition) is 5. The largest absolute Gasteiger partial charge is 0.445 e. The first kappa shape index (κ1) is 25.6. The number of carbonyl (C=O) groups is 3. The minimum Gasteiger partial charge on any atom is -0.445 e. The second-order valence-corrected chi connectivity index (χ2v) is 6.93. The van der Waals surface area contributed by atoms with Crippen molar-refractivity contribution in [3.8, 4) is 0 Å². The van der Waals surface area contributed by atoms with E-state index >= 15 is 0 Å². The summed E-state index contributed by atoms with van der Waals surface area (Å²) in [6.07, 6.45) is 1.29. The van der Waals surface area contributed by atoms with Gasteiger partial charge in [-0.05, 0) is 31.7 Å². The normalized spacial score (nSPS) is 10.8. The van der Waals surface area contributed by atoms with Gasteiger partial charge in [0.25, 0.3) is 0 Å². The Hall–Kier alpha value is -3.39. The zero-order valence-corrected chi connectivity index (χ0v) is 17.9. The Morgan fingerprint density at radius 2 is 1.55 bits per heavy atom. The van der Waals surface area contributed by atoms with Crippen molar-refractivity contribution >= 4 is 17.9 Å². The maximum atomic E-state index is 11.5. The zero-order chi connectivity index (χ0) is 22.9. The zero-order valence-electron chi connectivity index (χ0n) is 17.9. The molecule has 3 amide bonds. The quantitative estimate of drug-likeness (QED) is 0.429. The van der Waals surface area contributed by atoms with Crippen LogP contribution < -0.4 is 22.1 Å². The third-order valence-corrected chi connectivity index (χ3v) is 4.14. The molecule has 8 heteroatoms. The molecule has 8 nitrogen and oxygen atoms in total. The summed E-state index contributed by atoms with van der Waals surface area (Å²) in [5, 5.41) is 4.98. The minimum absolute atomic E-state index is 0.220. The van der Waals surface area contributed by atoms with Crippen LogP contribution in [0.1, 0.15) is 30.4 Å². The summed E-state index contributed by atoms with van der Waals surface area (Å²) < 4.78 is 5.07. The number of aryl methyl sites for hydroxylation is 1. The van der Waals surface area contributed by atoms with Crippen LogP contribution in [-0.4, -0.2) is 37.0 Å². The lowest BCUT2D eigenvalue weighted by atomic mass is 10.1. The van der Waals surface area contributed by atoms with Crippen molar-refractivity contribution in [1.82, 2.24) is 10.6 Å². The van der Waals surface area contributed by atoms with Gasteiger partial charge in [0.05, 0.1) is 12.6 Å². The van der Waals surface area contributed by atoms with E-state index in [2.05, 4.69) is 29.7 Å². The third kappa shape index (κ3) is 13.5. The molecule has 0 saturated carbocycles. The fourth-order valence-corrected chi connectivity index (χ4v) is 2.42. The van der Waals surface area contributed by atoms with E-state index in [1.54, 1.807) is 0 Å². The van der Waals surface area contributed by atoms with Crippen LogP contribution in [0.2, 0.25) is 0 Å². The predicted molar refractivity (Wildman–Crippen MR) is 120 cm³/mol. The van der Waals surface area contributed by atoms with Gasteiger partial charge >= 0.3 is 6.09 Å². The number of alkyl carbamates (subject to hydrolysis) is 1. The number of nitrogens with two attached hydrogens (primary N) is 2. The van der Waals surface area contributed by atoms with Gasteiger partial charge in [0.2, 0.25) is 11.8 Å². The Morgan fingerprint density at radius 1 is 0.935 bits per heavy atom. The van der Waals surface area contributed by atoms with Gasteiger partial charge in [0, 0.05) is 6.54 Å². The number of benzene rings is 2. The van der Waals surface area contributed by atoms with Gasteiger partial charge in [-0.3, -0.25) is 9.59 Å². The first-order chi connectivity index (χ1) is 14.9. The number of primary amides is 1. The maximum absolute atomic E-state index is 11.5. The van der Waals surface area contributed by atoms with Gasteiger partial charge in [-0.1, -0.05) is 66.2 Å². The minimum atomic E-state index is -0.700. The standard InChI is InChI=1S/C16H24N4O4.C7H8/c17-13(15(22)20-10-14(18)21)8-4-5-9-19-16(23)24-11-12-6-2-1-3-7-12;1-7-5-3-2-4-6-7/h1-3,6-7,13H,4-5,8-11,17H2,(H2,18,21)(H,19,23)(H,20,22);2-6H,1H3. The molecule has 168 valence electrons. The molecule has 0 heterocycles. The Labute approximate surface area is 183 Å². The fraction of sp³-hybridized carbons (Fsp3) is 0.348. The molecule has 6 N–H and O–H groups in total. The van der Waals surface area contributed by atoms with E-state index in [9.17, 15) is 14.4 Å². The number of nitrogens with one attached hydrogen (secondary N) is 2. The van der Waals surface area contributed by atoms with E-state index in [4.69, 9.17) is 16.2 Å². The summed E-state index contributed by atoms with van der Waals surface area (Å²) >= 11 is 0. The van der Waals surface area contributed by atoms with Crippen LogP contribution in [0.5, 0.6) is 0 Å². The van der Waals surface area contributed by atoms with Gasteiger partial charge in [-0.25, -0.2) is 4.79 Å². The maximum Gasteiger partial charge on any atom is 0.407 e. The molecule has 2 rings (SSSR count). The second-order valence-electron chi connectivity index (χ2n) is 6.93. The van der Waals surface area contributed by atoms with Crippen molar-refractivity contribution in [2.45, 2.75) is 38.8 Å². The molecule has 0 bridgehead atoms. The number of carbonyl (C=O) groups excluding carboxylic acids is 3. The van der Waals surface area contributed by atoms with Crippen molar-refractivity contribution < 1.29 is 19.1 Å². The van der Waals surface area contributed by atoms with Gasteiger partial charge in [-0.2, -0.15) is 0 Å². The lowest BCUT2D eigenvalue weighted by Crippen LogP contribution is -2.43. The Balaban J connectivity index is 0.000000577. The van der Waals surface area contributed by atoms with Gasteiger partial charge in [0.15, 0.2) is 0 Å². The molecule has 0 spiro atoms. The molecule has 2 aromatic carbocycles. The van der Waals surface area contributed by atoms with E-state index in [0.29, 0.717) is 25.8 Å². The topological polar surface area (TPSA) is 137 Å². The molecule has 0 fully saturated rings. The predicted octanol–water partition coefficient (Wildman–Crippen LogP) is 2.01. The molecule has 2 aromatic rings. The number of rotatable bonds is 10. The van der Waals surface area contributed by atoms with Crippen LogP contribution >= 0.6 is 0 Å². The van der Waals surface area contributed by atoms with Gasteiger partial charge < -0.3 is 26.8 Å². The first-order valence-electron chi connectivity index (χ1n) is 10.2. The fourth-order valence-electron chi connectivity index (χ4n) is 2.42. The summed E-state index contributed by atoms with van der Waals surface area (Å²) in [4.78, 5) is 33.6. The second kappa shape index (κ2) is 15.4. The van der Waals surface area contributed by atoms with E-state index < -0.39 is 23.9 Å². The molecule has 0 aromatic heterocycles. The van der Waals surface area contributed by atoms with Gasteiger partial charge in [0.1, 0.15) is 6.61 Å². The Morgan fingerprint density at radius 3 is 2.10 bits per heavy atom. The molecule has 0 aliphatic heterocycles. The first-order valence-corrected chi connectivity index (χ1v) is 10.2.